The smallest absolute Gasteiger partial charge is 0.225 e. The molecular weight excluding hydrogens is 451 g/mol. The van der Waals surface area contributed by atoms with Crippen LogP contribution in [0.1, 0.15) is 48.4 Å². The van der Waals surface area contributed by atoms with Crippen molar-refractivity contribution >= 4 is 43.3 Å². The van der Waals surface area contributed by atoms with Crippen molar-refractivity contribution in [2.45, 2.75) is 45.8 Å². The van der Waals surface area contributed by atoms with Crippen LogP contribution in [0.4, 0.5) is 15.3 Å². The van der Waals surface area contributed by atoms with Gasteiger partial charge in [-0.05, 0) is 36.0 Å². The molecule has 5 heterocycles. The molecule has 34 heavy (non-hydrogen) atoms. The predicted molar refractivity (Wildman–Crippen MR) is 131 cm³/mol. The summed E-state index contributed by atoms with van der Waals surface area (Å²) in [4.78, 5) is 16.5. The Hall–Kier alpha value is -3.35. The number of rotatable bonds is 4. The van der Waals surface area contributed by atoms with Crippen molar-refractivity contribution < 1.29 is 9.13 Å². The van der Waals surface area contributed by atoms with E-state index in [0.717, 1.165) is 89.2 Å². The second-order valence-electron chi connectivity index (χ2n) is 8.79. The van der Waals surface area contributed by atoms with E-state index in [1.54, 1.807) is 0 Å². The highest BCUT2D eigenvalue weighted by atomic mass is 32.1. The molecule has 2 N–H and O–H groups in total. The second-order valence-corrected chi connectivity index (χ2v) is 9.84. The summed E-state index contributed by atoms with van der Waals surface area (Å²) >= 11 is 1.09. The fourth-order valence-electron chi connectivity index (χ4n) is 5.25. The number of aromatic nitrogens is 3. The molecule has 1 aromatic carbocycles. The lowest BCUT2D eigenvalue weighted by Gasteiger charge is -2.20. The number of benzene rings is 1. The predicted octanol–water partition coefficient (Wildman–Crippen LogP) is 5.08. The van der Waals surface area contributed by atoms with Crippen molar-refractivity contribution in [1.29, 1.82) is 5.26 Å². The van der Waals surface area contributed by atoms with Crippen LogP contribution < -0.4 is 10.6 Å². The number of pyridine rings is 1. The minimum atomic E-state index is -0.471. The van der Waals surface area contributed by atoms with Crippen LogP contribution in [0.5, 0.6) is 0 Å². The van der Waals surface area contributed by atoms with E-state index in [0.29, 0.717) is 34.0 Å². The van der Waals surface area contributed by atoms with Crippen molar-refractivity contribution in [1.82, 2.24) is 15.0 Å². The topological polar surface area (TPSA) is 101 Å². The highest BCUT2D eigenvalue weighted by molar-refractivity contribution is 7.23. The van der Waals surface area contributed by atoms with Gasteiger partial charge < -0.3 is 15.4 Å². The van der Waals surface area contributed by atoms with Crippen molar-refractivity contribution in [3.8, 4) is 17.3 Å². The minimum absolute atomic E-state index is 0.276. The zero-order valence-corrected chi connectivity index (χ0v) is 19.6. The molecule has 9 heteroatoms. The van der Waals surface area contributed by atoms with E-state index in [1.807, 2.05) is 6.20 Å². The Kier molecular flexibility index (Phi) is 5.08. The molecule has 1 fully saturated rings. The minimum Gasteiger partial charge on any atom is -0.389 e. The first-order valence-corrected chi connectivity index (χ1v) is 12.4. The summed E-state index contributed by atoms with van der Waals surface area (Å²) < 4.78 is 21.0. The van der Waals surface area contributed by atoms with E-state index < -0.39 is 5.82 Å². The van der Waals surface area contributed by atoms with Gasteiger partial charge in [0.05, 0.1) is 40.9 Å². The third-order valence-electron chi connectivity index (χ3n) is 6.78. The number of thiophene rings is 1. The summed E-state index contributed by atoms with van der Waals surface area (Å²) in [6.07, 6.45) is 7.08. The fourth-order valence-corrected chi connectivity index (χ4v) is 6.17. The highest BCUT2D eigenvalue weighted by Gasteiger charge is 2.29. The molecule has 0 radical (unpaired) electrons. The van der Waals surface area contributed by atoms with Crippen LogP contribution in [-0.2, 0) is 24.4 Å². The Balaban J connectivity index is 1.73. The molecule has 2 aliphatic rings. The lowest BCUT2D eigenvalue weighted by molar-refractivity contribution is 0.135. The molecule has 7 nitrogen and oxygen atoms in total. The summed E-state index contributed by atoms with van der Waals surface area (Å²) in [6.45, 7) is 4.91. The number of halogens is 1. The lowest BCUT2D eigenvalue weighted by Crippen LogP contribution is -2.20. The van der Waals surface area contributed by atoms with E-state index >= 15 is 0 Å². The van der Waals surface area contributed by atoms with Gasteiger partial charge in [-0.2, -0.15) is 5.26 Å². The van der Waals surface area contributed by atoms with Crippen molar-refractivity contribution in [2.24, 2.45) is 0 Å². The quantitative estimate of drug-likeness (QED) is 0.440. The molecule has 0 amide bonds. The van der Waals surface area contributed by atoms with Crippen molar-refractivity contribution in [3.63, 3.8) is 0 Å². The van der Waals surface area contributed by atoms with E-state index in [1.165, 1.54) is 6.20 Å². The average molecular weight is 475 g/mol. The number of aryl methyl sites for hydroxylation is 1. The maximum absolute atomic E-state index is 14.7. The van der Waals surface area contributed by atoms with Crippen LogP contribution >= 0.6 is 11.3 Å². The highest BCUT2D eigenvalue weighted by Crippen LogP contribution is 2.46. The van der Waals surface area contributed by atoms with Crippen LogP contribution in [0.3, 0.4) is 0 Å². The molecule has 172 valence electrons. The van der Waals surface area contributed by atoms with Crippen LogP contribution in [0.25, 0.3) is 32.2 Å². The van der Waals surface area contributed by atoms with E-state index in [-0.39, 0.29) is 5.56 Å². The van der Waals surface area contributed by atoms with Gasteiger partial charge >= 0.3 is 0 Å². The molecule has 0 bridgehead atoms. The van der Waals surface area contributed by atoms with Gasteiger partial charge in [0.2, 0.25) is 5.95 Å². The Morgan fingerprint density at radius 3 is 2.76 bits per heavy atom. The van der Waals surface area contributed by atoms with Gasteiger partial charge in [0.1, 0.15) is 11.1 Å². The molecule has 6 rings (SSSR count). The maximum Gasteiger partial charge on any atom is 0.225 e. The standard InChI is InChI=1S/C25H23FN6OS/c1-2-5-13-19(22-20-14(8-27)24(28)34-23(20)18(26)10-29-22)17-12-33-11-16(17)15-9-30-25(31-21(13)15)32-6-3-4-7-32/h9-10H,2-7,11-12,28H2,1H3. The molecular formula is C25H23FN6OS. The van der Waals surface area contributed by atoms with Crippen molar-refractivity contribution in [2.75, 3.05) is 23.7 Å². The summed E-state index contributed by atoms with van der Waals surface area (Å²) in [5, 5.41) is 11.6. The summed E-state index contributed by atoms with van der Waals surface area (Å²) in [6, 6.07) is 2.17. The second kappa shape index (κ2) is 8.15. The lowest BCUT2D eigenvalue weighted by atomic mass is 9.88. The van der Waals surface area contributed by atoms with Crippen molar-refractivity contribution in [3.05, 3.63) is 40.5 Å². The number of nitrogens with zero attached hydrogens (tertiary/aromatic N) is 5. The molecule has 0 atom stereocenters. The van der Waals surface area contributed by atoms with Crippen LogP contribution in [-0.4, -0.2) is 28.0 Å². The number of nitrogen functional groups attached to an aromatic ring is 1. The molecule has 1 saturated heterocycles. The largest absolute Gasteiger partial charge is 0.389 e. The SMILES string of the molecule is CCCc1c(-c2ncc(F)c3sc(N)c(C#N)c23)c2c(c3cnc(N4CCCC4)nc13)COC2. The first kappa shape index (κ1) is 21.2. The number of nitrogens with two attached hydrogens (primary N) is 1. The van der Waals surface area contributed by atoms with Crippen LogP contribution in [0, 0.1) is 17.1 Å². The average Bonchev–Trinajstić information content (AvgIpc) is 3.60. The first-order valence-electron chi connectivity index (χ1n) is 11.5. The zero-order chi connectivity index (χ0) is 23.4. The van der Waals surface area contributed by atoms with Gasteiger partial charge in [-0.1, -0.05) is 13.3 Å². The Bertz CT molecular complexity index is 1500. The molecule has 0 unspecified atom stereocenters. The molecule has 2 aliphatic heterocycles. The number of nitriles is 1. The van der Waals surface area contributed by atoms with Crippen LogP contribution in [0.2, 0.25) is 0 Å². The number of fused-ring (bicyclic) bond motifs is 4. The van der Waals surface area contributed by atoms with E-state index in [2.05, 4.69) is 22.9 Å². The summed E-state index contributed by atoms with van der Waals surface area (Å²) in [7, 11) is 0. The summed E-state index contributed by atoms with van der Waals surface area (Å²) in [5.74, 6) is 0.267. The number of hydrogen-bond acceptors (Lipinski definition) is 8. The van der Waals surface area contributed by atoms with Gasteiger partial charge in [-0.15, -0.1) is 11.3 Å². The van der Waals surface area contributed by atoms with Gasteiger partial charge in [0.15, 0.2) is 5.82 Å². The van der Waals surface area contributed by atoms with Gasteiger partial charge in [0, 0.05) is 35.6 Å². The molecule has 0 saturated carbocycles. The molecule has 3 aromatic heterocycles. The van der Waals surface area contributed by atoms with E-state index in [9.17, 15) is 9.65 Å². The Morgan fingerprint density at radius 1 is 1.21 bits per heavy atom. The molecule has 0 spiro atoms. The molecule has 4 aromatic rings. The fraction of sp³-hybridized carbons (Fsp3) is 0.360. The van der Waals surface area contributed by atoms with E-state index in [4.69, 9.17) is 20.4 Å². The third kappa shape index (κ3) is 3.06. The number of anilines is 2. The summed E-state index contributed by atoms with van der Waals surface area (Å²) in [5.41, 5.74) is 11.9. The van der Waals surface area contributed by atoms with Gasteiger partial charge in [-0.25, -0.2) is 14.4 Å². The Morgan fingerprint density at radius 2 is 2.00 bits per heavy atom. The first-order chi connectivity index (χ1) is 16.6. The zero-order valence-electron chi connectivity index (χ0n) is 18.8. The molecule has 0 aliphatic carbocycles. The Labute approximate surface area is 200 Å². The van der Waals surface area contributed by atoms with Crippen LogP contribution in [0.15, 0.2) is 12.4 Å². The number of ether oxygens (including phenoxy) is 1. The number of hydrogen-bond donors (Lipinski definition) is 1. The van der Waals surface area contributed by atoms with Gasteiger partial charge in [0.25, 0.3) is 0 Å². The van der Waals surface area contributed by atoms with Gasteiger partial charge in [-0.3, -0.25) is 4.98 Å². The maximum atomic E-state index is 14.7. The monoisotopic (exact) mass is 474 g/mol. The normalized spacial score (nSPS) is 15.4. The third-order valence-corrected chi connectivity index (χ3v) is 7.81.